The van der Waals surface area contributed by atoms with Gasteiger partial charge in [-0.2, -0.15) is 5.26 Å². The van der Waals surface area contributed by atoms with E-state index in [0.717, 1.165) is 48.0 Å². The molecule has 1 aliphatic heterocycles. The Morgan fingerprint density at radius 3 is 2.62 bits per heavy atom. The summed E-state index contributed by atoms with van der Waals surface area (Å²) >= 11 is 14.2. The van der Waals surface area contributed by atoms with Crippen molar-refractivity contribution in [2.45, 2.75) is 44.2 Å². The molecule has 3 aromatic heterocycles. The Morgan fingerprint density at radius 2 is 1.85 bits per heavy atom. The van der Waals surface area contributed by atoms with E-state index in [9.17, 15) is 20.6 Å². The number of halogens is 2. The largest absolute Gasteiger partial charge is 0.435 e. The Hall–Kier alpha value is -4.64. The average molecular weight is 737 g/mol. The minimum Gasteiger partial charge on any atom is -0.435 e. The lowest BCUT2D eigenvalue weighted by molar-refractivity contribution is -0.0635. The van der Waals surface area contributed by atoms with Crippen LogP contribution in [0.25, 0.3) is 44.6 Å². The van der Waals surface area contributed by atoms with Crippen LogP contribution in [0.15, 0.2) is 71.4 Å². The molecule has 0 saturated carbocycles. The number of hydrogen-bond acceptors (Lipinski definition) is 11. The number of rotatable bonds is 9. The Balaban J connectivity index is 1.10. The van der Waals surface area contributed by atoms with Crippen LogP contribution in [0, 0.1) is 11.3 Å². The summed E-state index contributed by atoms with van der Waals surface area (Å²) in [6.07, 6.45) is 4.04. The highest BCUT2D eigenvalue weighted by molar-refractivity contribution is 6.39. The van der Waals surface area contributed by atoms with Gasteiger partial charge in [-0.15, -0.1) is 0 Å². The third-order valence-corrected chi connectivity index (χ3v) is 10.8. The zero-order valence-corrected chi connectivity index (χ0v) is 29.7. The molecule has 0 unspecified atom stereocenters. The van der Waals surface area contributed by atoms with Gasteiger partial charge in [-0.3, -0.25) is 14.8 Å². The molecular weight excluding hydrogens is 701 g/mol. The maximum Gasteiger partial charge on any atom is 0.228 e. The van der Waals surface area contributed by atoms with Gasteiger partial charge in [0.25, 0.3) is 0 Å². The number of β-amino-alcohol motifs (C(OH)–C–C–N with tert-alkyl or cyclic N) is 1. The monoisotopic (exact) mass is 735 g/mol. The molecule has 2 atom stereocenters. The predicted octanol–water partition coefficient (Wildman–Crippen LogP) is 6.82. The molecule has 0 amide bonds. The van der Waals surface area contributed by atoms with Crippen LogP contribution in [0.5, 0.6) is 0 Å². The highest BCUT2D eigenvalue weighted by Gasteiger charge is 2.32. The van der Waals surface area contributed by atoms with Gasteiger partial charge in [0.1, 0.15) is 22.7 Å². The molecule has 0 radical (unpaired) electrons. The van der Waals surface area contributed by atoms with Gasteiger partial charge in [-0.1, -0.05) is 47.5 Å². The number of anilines is 2. The lowest BCUT2D eigenvalue weighted by Crippen LogP contribution is -2.31. The number of aromatic nitrogens is 3. The molecule has 11 nitrogen and oxygen atoms in total. The van der Waals surface area contributed by atoms with Gasteiger partial charge in [-0.25, -0.2) is 9.97 Å². The van der Waals surface area contributed by atoms with E-state index in [-0.39, 0.29) is 24.6 Å². The van der Waals surface area contributed by atoms with Gasteiger partial charge in [0.2, 0.25) is 5.89 Å². The van der Waals surface area contributed by atoms with Crippen molar-refractivity contribution >= 4 is 56.7 Å². The van der Waals surface area contributed by atoms with Gasteiger partial charge in [0.05, 0.1) is 27.4 Å². The Morgan fingerprint density at radius 1 is 1.06 bits per heavy atom. The van der Waals surface area contributed by atoms with Crippen molar-refractivity contribution in [1.82, 2.24) is 24.8 Å². The molecule has 4 N–H and O–H groups in total. The fourth-order valence-electron chi connectivity index (χ4n) is 7.57. The number of nitrogens with one attached hydrogen (secondary N) is 1. The number of benzene rings is 3. The number of pyridine rings is 2. The molecule has 2 aliphatic rings. The lowest BCUT2D eigenvalue weighted by Gasteiger charge is -2.25. The first-order valence-corrected chi connectivity index (χ1v) is 17.9. The second kappa shape index (κ2) is 14.1. The first kappa shape index (κ1) is 34.4. The summed E-state index contributed by atoms with van der Waals surface area (Å²) in [6.45, 7) is 2.33. The minimum atomic E-state index is -1.46. The number of aliphatic hydroxyl groups is 3. The average Bonchev–Trinajstić information content (AvgIpc) is 3.86. The second-order valence-corrected chi connectivity index (χ2v) is 14.2. The number of hydrogen-bond donors (Lipinski definition) is 4. The zero-order chi connectivity index (χ0) is 36.1. The van der Waals surface area contributed by atoms with Crippen molar-refractivity contribution in [2.24, 2.45) is 0 Å². The molecule has 0 bridgehead atoms. The number of aliphatic hydroxyl groups excluding tert-OH is 2. The number of oxazole rings is 1. The number of nitriles is 1. The standard InChI is InChI=1S/C39H35Cl2N7O4/c1-47(20-33(50)51)32-9-8-24-28(32)15-31-37(29(24)16-42)52-39(46-31)27-6-2-4-25(34(27)40)26-5-3-7-30(35(26)41)45-38-36-22(10-12-43-38)14-21(17-44-36)18-48-13-11-23(49)19-48/h2-7,10,12,14-15,17,23,32-33,49-51H,8-9,11,13,18-20H2,1H3,(H,43,45)/t23-,32+/m1/s1. The van der Waals surface area contributed by atoms with E-state index in [1.807, 2.05) is 66.7 Å². The summed E-state index contributed by atoms with van der Waals surface area (Å²) in [4.78, 5) is 18.2. The Labute approximate surface area is 309 Å². The minimum absolute atomic E-state index is 0.0813. The van der Waals surface area contributed by atoms with Crippen LogP contribution in [-0.2, 0) is 13.0 Å². The van der Waals surface area contributed by atoms with E-state index in [0.29, 0.717) is 73.4 Å². The van der Waals surface area contributed by atoms with Crippen molar-refractivity contribution < 1.29 is 19.7 Å². The first-order chi connectivity index (χ1) is 25.2. The summed E-state index contributed by atoms with van der Waals surface area (Å²) in [7, 11) is 1.83. The van der Waals surface area contributed by atoms with Crippen LogP contribution < -0.4 is 5.32 Å². The third kappa shape index (κ3) is 6.37. The smallest absolute Gasteiger partial charge is 0.228 e. The number of likely N-dealkylation sites (tertiary alicyclic amines) is 1. The second-order valence-electron chi connectivity index (χ2n) is 13.5. The SMILES string of the molecule is CN(CC(O)O)[C@H]1CCc2c1cc1nc(-c3cccc(-c4cccc(Nc5nccc6cc(CN7CC[C@@H](O)C7)cnc56)c4Cl)c3Cl)oc1c2C#N. The maximum absolute atomic E-state index is 10.2. The quantitative estimate of drug-likeness (QED) is 0.116. The molecule has 1 saturated heterocycles. The summed E-state index contributed by atoms with van der Waals surface area (Å²) in [6, 6.07) is 19.4. The number of nitrogens with zero attached hydrogens (tertiary/aromatic N) is 6. The van der Waals surface area contributed by atoms with Crippen molar-refractivity contribution in [1.29, 1.82) is 5.26 Å². The molecule has 4 heterocycles. The van der Waals surface area contributed by atoms with Crippen LogP contribution in [0.3, 0.4) is 0 Å². The summed E-state index contributed by atoms with van der Waals surface area (Å²) in [5.74, 6) is 0.835. The van der Waals surface area contributed by atoms with E-state index >= 15 is 0 Å². The van der Waals surface area contributed by atoms with Crippen molar-refractivity contribution in [3.05, 3.63) is 99.3 Å². The van der Waals surface area contributed by atoms with Crippen molar-refractivity contribution in [3.8, 4) is 28.7 Å². The number of likely N-dealkylation sites (N-methyl/N-ethyl adjacent to an activating group) is 1. The molecule has 13 heteroatoms. The molecule has 1 fully saturated rings. The molecule has 264 valence electrons. The highest BCUT2D eigenvalue weighted by Crippen LogP contribution is 2.44. The normalized spacial score (nSPS) is 17.4. The van der Waals surface area contributed by atoms with Crippen LogP contribution in [-0.4, -0.2) is 79.1 Å². The first-order valence-electron chi connectivity index (χ1n) is 17.1. The number of fused-ring (bicyclic) bond motifs is 3. The van der Waals surface area contributed by atoms with E-state index < -0.39 is 6.29 Å². The van der Waals surface area contributed by atoms with Gasteiger partial charge >= 0.3 is 0 Å². The van der Waals surface area contributed by atoms with E-state index in [2.05, 4.69) is 27.3 Å². The highest BCUT2D eigenvalue weighted by atomic mass is 35.5. The molecular formula is C39H35Cl2N7O4. The maximum atomic E-state index is 10.2. The van der Waals surface area contributed by atoms with E-state index in [1.165, 1.54) is 0 Å². The van der Waals surface area contributed by atoms with Crippen LogP contribution in [0.4, 0.5) is 11.5 Å². The van der Waals surface area contributed by atoms with E-state index in [4.69, 9.17) is 37.6 Å². The Kier molecular flexibility index (Phi) is 9.32. The topological polar surface area (TPSA) is 155 Å². The fourth-order valence-corrected chi connectivity index (χ4v) is 8.15. The van der Waals surface area contributed by atoms with Crippen molar-refractivity contribution in [3.63, 3.8) is 0 Å². The summed E-state index contributed by atoms with van der Waals surface area (Å²) in [5, 5.41) is 44.3. The fraction of sp³-hybridized carbons (Fsp3) is 0.282. The molecule has 8 rings (SSSR count). The summed E-state index contributed by atoms with van der Waals surface area (Å²) < 4.78 is 6.27. The van der Waals surface area contributed by atoms with Gasteiger partial charge < -0.3 is 25.1 Å². The Bertz CT molecular complexity index is 2380. The zero-order valence-electron chi connectivity index (χ0n) is 28.2. The molecule has 3 aromatic carbocycles. The molecule has 6 aromatic rings. The summed E-state index contributed by atoms with van der Waals surface area (Å²) in [5.41, 5.74) is 7.47. The third-order valence-electron chi connectivity index (χ3n) is 10.0. The van der Waals surface area contributed by atoms with Crippen LogP contribution in [0.1, 0.15) is 41.1 Å². The molecule has 0 spiro atoms. The lowest BCUT2D eigenvalue weighted by atomic mass is 10.0. The predicted molar refractivity (Wildman–Crippen MR) is 200 cm³/mol. The van der Waals surface area contributed by atoms with Gasteiger partial charge in [0.15, 0.2) is 17.7 Å². The molecule has 52 heavy (non-hydrogen) atoms. The van der Waals surface area contributed by atoms with Gasteiger partial charge in [0, 0.05) is 61.1 Å². The molecule has 1 aliphatic carbocycles. The van der Waals surface area contributed by atoms with Crippen LogP contribution >= 0.6 is 23.2 Å². The van der Waals surface area contributed by atoms with E-state index in [1.54, 1.807) is 6.20 Å². The van der Waals surface area contributed by atoms with Crippen LogP contribution in [0.2, 0.25) is 10.0 Å². The van der Waals surface area contributed by atoms with Crippen molar-refractivity contribution in [2.75, 3.05) is 32.0 Å². The van der Waals surface area contributed by atoms with Gasteiger partial charge in [-0.05, 0) is 73.3 Å².